The number of methoxy groups -OCH3 is 1. The van der Waals surface area contributed by atoms with Crippen LogP contribution in [0.1, 0.15) is 6.42 Å². The van der Waals surface area contributed by atoms with Gasteiger partial charge in [0.25, 0.3) is 0 Å². The topological polar surface area (TPSA) is 48.9 Å². The predicted octanol–water partition coefficient (Wildman–Crippen LogP) is 2.46. The Labute approximate surface area is 158 Å². The van der Waals surface area contributed by atoms with E-state index in [0.29, 0.717) is 12.6 Å². The zero-order valence-corrected chi connectivity index (χ0v) is 16.9. The number of hydrogen-bond donors (Lipinski definition) is 2. The van der Waals surface area contributed by atoms with Crippen molar-refractivity contribution >= 4 is 51.6 Å². The number of anilines is 1. The van der Waals surface area contributed by atoms with Crippen molar-refractivity contribution in [3.8, 4) is 0 Å². The number of para-hydroxylation sites is 1. The molecule has 5 nitrogen and oxygen atoms in total. The van der Waals surface area contributed by atoms with E-state index in [2.05, 4.69) is 54.7 Å². The van der Waals surface area contributed by atoms with Gasteiger partial charge in [0.1, 0.15) is 0 Å². The molecule has 0 aromatic heterocycles. The summed E-state index contributed by atoms with van der Waals surface area (Å²) in [5, 5.41) is 6.72. The number of aliphatic imine (C=N–C) groups is 1. The molecular weight excluding hydrogens is 459 g/mol. The van der Waals surface area contributed by atoms with E-state index in [0.717, 1.165) is 36.5 Å². The molecule has 22 heavy (non-hydrogen) atoms. The molecule has 1 aromatic carbocycles. The van der Waals surface area contributed by atoms with Crippen molar-refractivity contribution in [3.63, 3.8) is 0 Å². The third-order valence-corrected chi connectivity index (χ3v) is 4.22. The zero-order chi connectivity index (χ0) is 15.1. The van der Waals surface area contributed by atoms with Gasteiger partial charge in [-0.15, -0.1) is 24.0 Å². The highest BCUT2D eigenvalue weighted by Gasteiger charge is 2.24. The van der Waals surface area contributed by atoms with Crippen molar-refractivity contribution in [2.24, 2.45) is 4.99 Å². The van der Waals surface area contributed by atoms with Crippen LogP contribution in [0.3, 0.4) is 0 Å². The average molecular weight is 483 g/mol. The SMILES string of the molecule is CN=C(NCCOC)NC1CCN(c2ccccc2Br)C1.I. The number of nitrogens with one attached hydrogen (secondary N) is 2. The molecule has 0 amide bonds. The van der Waals surface area contributed by atoms with Crippen LogP contribution < -0.4 is 15.5 Å². The second-order valence-corrected chi connectivity index (χ2v) is 5.87. The largest absolute Gasteiger partial charge is 0.383 e. The first-order valence-corrected chi connectivity index (χ1v) is 7.99. The number of guanidine groups is 1. The van der Waals surface area contributed by atoms with Gasteiger partial charge in [0.2, 0.25) is 0 Å². The molecule has 1 aliphatic rings. The Morgan fingerprint density at radius 3 is 2.91 bits per heavy atom. The van der Waals surface area contributed by atoms with Crippen LogP contribution in [-0.2, 0) is 4.74 Å². The summed E-state index contributed by atoms with van der Waals surface area (Å²) in [4.78, 5) is 6.64. The molecule has 0 aliphatic carbocycles. The number of rotatable bonds is 5. The Balaban J connectivity index is 0.00000242. The first-order valence-electron chi connectivity index (χ1n) is 7.20. The summed E-state index contributed by atoms with van der Waals surface area (Å²) in [6.45, 7) is 3.47. The van der Waals surface area contributed by atoms with Crippen LogP contribution in [0.15, 0.2) is 33.7 Å². The van der Waals surface area contributed by atoms with Crippen LogP contribution in [0, 0.1) is 0 Å². The molecule has 1 atom stereocenters. The van der Waals surface area contributed by atoms with Gasteiger partial charge >= 0.3 is 0 Å². The molecule has 0 bridgehead atoms. The Morgan fingerprint density at radius 2 is 2.23 bits per heavy atom. The van der Waals surface area contributed by atoms with Gasteiger partial charge in [-0.2, -0.15) is 0 Å². The second kappa shape index (κ2) is 10.3. The quantitative estimate of drug-likeness (QED) is 0.293. The number of benzene rings is 1. The molecule has 124 valence electrons. The van der Waals surface area contributed by atoms with Gasteiger partial charge in [0, 0.05) is 44.3 Å². The van der Waals surface area contributed by atoms with E-state index >= 15 is 0 Å². The lowest BCUT2D eigenvalue weighted by Gasteiger charge is -2.21. The van der Waals surface area contributed by atoms with Gasteiger partial charge in [-0.25, -0.2) is 0 Å². The molecule has 0 radical (unpaired) electrons. The highest BCUT2D eigenvalue weighted by molar-refractivity contribution is 14.0. The molecule has 7 heteroatoms. The third-order valence-electron chi connectivity index (χ3n) is 3.54. The minimum absolute atomic E-state index is 0. The fourth-order valence-corrected chi connectivity index (χ4v) is 3.00. The molecule has 0 spiro atoms. The predicted molar refractivity (Wildman–Crippen MR) is 107 cm³/mol. The summed E-state index contributed by atoms with van der Waals surface area (Å²) in [5.74, 6) is 0.839. The molecule has 2 rings (SSSR count). The van der Waals surface area contributed by atoms with Crippen LogP contribution in [-0.4, -0.2) is 52.4 Å². The van der Waals surface area contributed by atoms with Crippen LogP contribution in [0.25, 0.3) is 0 Å². The Hall–Kier alpha value is -0.540. The molecule has 0 saturated carbocycles. The van der Waals surface area contributed by atoms with E-state index in [1.807, 2.05) is 6.07 Å². The summed E-state index contributed by atoms with van der Waals surface area (Å²) in [7, 11) is 3.49. The van der Waals surface area contributed by atoms with Gasteiger partial charge in [0.15, 0.2) is 5.96 Å². The van der Waals surface area contributed by atoms with Crippen LogP contribution in [0.4, 0.5) is 5.69 Å². The number of nitrogens with zero attached hydrogens (tertiary/aromatic N) is 2. The van der Waals surface area contributed by atoms with Crippen molar-refractivity contribution in [2.75, 3.05) is 45.3 Å². The first kappa shape index (κ1) is 19.5. The normalized spacial score (nSPS) is 18.0. The lowest BCUT2D eigenvalue weighted by atomic mass is 10.3. The molecule has 1 fully saturated rings. The molecule has 1 unspecified atom stereocenters. The minimum Gasteiger partial charge on any atom is -0.383 e. The van der Waals surface area contributed by atoms with E-state index in [-0.39, 0.29) is 24.0 Å². The Bertz CT molecular complexity index is 486. The van der Waals surface area contributed by atoms with Crippen molar-refractivity contribution in [1.82, 2.24) is 10.6 Å². The Morgan fingerprint density at radius 1 is 1.45 bits per heavy atom. The summed E-state index contributed by atoms with van der Waals surface area (Å²) < 4.78 is 6.18. The second-order valence-electron chi connectivity index (χ2n) is 5.02. The smallest absolute Gasteiger partial charge is 0.191 e. The summed E-state index contributed by atoms with van der Waals surface area (Å²) in [5.41, 5.74) is 1.25. The van der Waals surface area contributed by atoms with Crippen molar-refractivity contribution in [1.29, 1.82) is 0 Å². The van der Waals surface area contributed by atoms with Gasteiger partial charge in [-0.05, 0) is 34.5 Å². The molecule has 1 heterocycles. The van der Waals surface area contributed by atoms with Crippen molar-refractivity contribution in [2.45, 2.75) is 12.5 Å². The van der Waals surface area contributed by atoms with E-state index in [4.69, 9.17) is 4.74 Å². The van der Waals surface area contributed by atoms with E-state index < -0.39 is 0 Å². The maximum atomic E-state index is 5.04. The average Bonchev–Trinajstić information content (AvgIpc) is 2.95. The lowest BCUT2D eigenvalue weighted by molar-refractivity contribution is 0.203. The third kappa shape index (κ3) is 5.58. The Kier molecular flexibility index (Phi) is 9.11. The molecule has 1 saturated heterocycles. The molecule has 1 aromatic rings. The summed E-state index contributed by atoms with van der Waals surface area (Å²) in [6, 6.07) is 8.76. The van der Waals surface area contributed by atoms with Gasteiger partial charge in [-0.3, -0.25) is 4.99 Å². The van der Waals surface area contributed by atoms with Crippen LogP contribution >= 0.6 is 39.9 Å². The molecule has 2 N–H and O–H groups in total. The van der Waals surface area contributed by atoms with Gasteiger partial charge in [0.05, 0.1) is 12.3 Å². The standard InChI is InChI=1S/C15H23BrN4O.HI/c1-17-15(18-8-10-21-2)19-12-7-9-20(11-12)14-6-4-3-5-13(14)16;/h3-6,12H,7-11H2,1-2H3,(H2,17,18,19);1H. The fourth-order valence-electron chi connectivity index (χ4n) is 2.46. The maximum Gasteiger partial charge on any atom is 0.191 e. The number of halogens is 2. The van der Waals surface area contributed by atoms with Crippen LogP contribution in [0.2, 0.25) is 0 Å². The lowest BCUT2D eigenvalue weighted by Crippen LogP contribution is -2.45. The number of hydrogen-bond acceptors (Lipinski definition) is 3. The van der Waals surface area contributed by atoms with Crippen molar-refractivity contribution < 1.29 is 4.74 Å². The summed E-state index contributed by atoms with van der Waals surface area (Å²) >= 11 is 3.62. The highest BCUT2D eigenvalue weighted by atomic mass is 127. The maximum absolute atomic E-state index is 5.04. The van der Waals surface area contributed by atoms with Gasteiger partial charge < -0.3 is 20.3 Å². The van der Waals surface area contributed by atoms with E-state index in [1.54, 1.807) is 14.2 Å². The van der Waals surface area contributed by atoms with Crippen LogP contribution in [0.5, 0.6) is 0 Å². The zero-order valence-electron chi connectivity index (χ0n) is 13.0. The minimum atomic E-state index is 0. The fraction of sp³-hybridized carbons (Fsp3) is 0.533. The van der Waals surface area contributed by atoms with E-state index in [1.165, 1.54) is 5.69 Å². The molecule has 1 aliphatic heterocycles. The summed E-state index contributed by atoms with van der Waals surface area (Å²) in [6.07, 6.45) is 1.10. The number of ether oxygens (including phenoxy) is 1. The van der Waals surface area contributed by atoms with E-state index in [9.17, 15) is 0 Å². The highest BCUT2D eigenvalue weighted by Crippen LogP contribution is 2.28. The molecular formula is C15H24BrIN4O. The first-order chi connectivity index (χ1) is 10.2. The van der Waals surface area contributed by atoms with Crippen molar-refractivity contribution in [3.05, 3.63) is 28.7 Å². The monoisotopic (exact) mass is 482 g/mol. The van der Waals surface area contributed by atoms with Gasteiger partial charge in [-0.1, -0.05) is 12.1 Å².